The molecule has 0 fully saturated rings. The highest BCUT2D eigenvalue weighted by Crippen LogP contribution is 2.11. The minimum Gasteiger partial charge on any atom is -0.367 e. The zero-order chi connectivity index (χ0) is 14.3. The molecular weight excluding hydrogens is 273 g/mol. The third kappa shape index (κ3) is 6.30. The van der Waals surface area contributed by atoms with Crippen LogP contribution < -0.4 is 15.4 Å². The molecule has 0 spiro atoms. The minimum absolute atomic E-state index is 0.102. The predicted octanol–water partition coefficient (Wildman–Crippen LogP) is 0.399. The summed E-state index contributed by atoms with van der Waals surface area (Å²) in [7, 11) is -3.18. The Balaban J connectivity index is 2.42. The van der Waals surface area contributed by atoms with Crippen molar-refractivity contribution in [3.63, 3.8) is 0 Å². The van der Waals surface area contributed by atoms with E-state index in [-0.39, 0.29) is 5.82 Å². The molecule has 0 aliphatic rings. The summed E-state index contributed by atoms with van der Waals surface area (Å²) in [6, 6.07) is 0. The van der Waals surface area contributed by atoms with Gasteiger partial charge < -0.3 is 10.6 Å². The molecule has 0 atom stereocenters. The van der Waals surface area contributed by atoms with Crippen LogP contribution >= 0.6 is 0 Å². The number of nitrogens with zero attached hydrogens (tertiary/aromatic N) is 2. The van der Waals surface area contributed by atoms with Gasteiger partial charge in [0.25, 0.3) is 0 Å². The van der Waals surface area contributed by atoms with Crippen LogP contribution in [0.4, 0.5) is 16.2 Å². The molecule has 0 aliphatic carbocycles. The van der Waals surface area contributed by atoms with Crippen LogP contribution in [0.2, 0.25) is 0 Å². The second-order valence-electron chi connectivity index (χ2n) is 3.87. The largest absolute Gasteiger partial charge is 0.367 e. The lowest BCUT2D eigenvalue weighted by atomic mass is 10.4. The molecule has 108 valence electrons. The summed E-state index contributed by atoms with van der Waals surface area (Å²) in [5.41, 5.74) is 0. The van der Waals surface area contributed by atoms with Gasteiger partial charge >= 0.3 is 0 Å². The second kappa shape index (κ2) is 7.19. The molecule has 0 unspecified atom stereocenters. The third-order valence-corrected chi connectivity index (χ3v) is 2.82. The fraction of sp³-hybridized carbons (Fsp3) is 0.600. The van der Waals surface area contributed by atoms with Gasteiger partial charge in [-0.2, -0.15) is 4.98 Å². The van der Waals surface area contributed by atoms with Gasteiger partial charge in [-0.25, -0.2) is 22.5 Å². The first-order chi connectivity index (χ1) is 8.92. The summed E-state index contributed by atoms with van der Waals surface area (Å²) in [6.45, 7) is 3.22. The standard InChI is InChI=1S/C10H18FN5O2S/c1-3-12-10-14-7-8(11)9(16-10)13-5-4-6-15-19(2,17)18/h7,15H,3-6H2,1-2H3,(H2,12,13,14,16). The van der Waals surface area contributed by atoms with E-state index in [0.717, 1.165) is 12.5 Å². The fourth-order valence-corrected chi connectivity index (χ4v) is 1.80. The van der Waals surface area contributed by atoms with E-state index in [1.165, 1.54) is 0 Å². The maximum atomic E-state index is 13.4. The molecule has 1 aromatic heterocycles. The van der Waals surface area contributed by atoms with Gasteiger partial charge in [-0.15, -0.1) is 0 Å². The Kier molecular flexibility index (Phi) is 5.90. The van der Waals surface area contributed by atoms with Crippen LogP contribution in [0.25, 0.3) is 0 Å². The highest BCUT2D eigenvalue weighted by Gasteiger charge is 2.06. The van der Waals surface area contributed by atoms with Gasteiger partial charge in [0.1, 0.15) is 0 Å². The highest BCUT2D eigenvalue weighted by atomic mass is 32.2. The van der Waals surface area contributed by atoms with Crippen molar-refractivity contribution < 1.29 is 12.8 Å². The molecule has 7 nitrogen and oxygen atoms in total. The van der Waals surface area contributed by atoms with Crippen LogP contribution in [0, 0.1) is 5.82 Å². The number of nitrogens with one attached hydrogen (secondary N) is 3. The summed E-state index contributed by atoms with van der Waals surface area (Å²) < 4.78 is 37.4. The van der Waals surface area contributed by atoms with Crippen LogP contribution in [-0.2, 0) is 10.0 Å². The maximum Gasteiger partial charge on any atom is 0.224 e. The van der Waals surface area contributed by atoms with E-state index in [1.54, 1.807) is 0 Å². The first-order valence-electron chi connectivity index (χ1n) is 5.87. The van der Waals surface area contributed by atoms with Gasteiger partial charge in [0.05, 0.1) is 12.5 Å². The summed E-state index contributed by atoms with van der Waals surface area (Å²) in [4.78, 5) is 7.74. The molecule has 0 saturated carbocycles. The Bertz CT molecular complexity index is 509. The first kappa shape index (κ1) is 15.6. The van der Waals surface area contributed by atoms with Gasteiger partial charge in [-0.3, -0.25) is 0 Å². The Morgan fingerprint density at radius 1 is 1.32 bits per heavy atom. The van der Waals surface area contributed by atoms with E-state index >= 15 is 0 Å². The van der Waals surface area contributed by atoms with E-state index in [2.05, 4.69) is 25.3 Å². The average molecular weight is 291 g/mol. The molecule has 1 aromatic rings. The van der Waals surface area contributed by atoms with Crippen molar-refractivity contribution >= 4 is 21.8 Å². The van der Waals surface area contributed by atoms with Crippen LogP contribution in [0.15, 0.2) is 6.20 Å². The van der Waals surface area contributed by atoms with E-state index in [9.17, 15) is 12.8 Å². The van der Waals surface area contributed by atoms with Crippen molar-refractivity contribution in [2.45, 2.75) is 13.3 Å². The summed E-state index contributed by atoms with van der Waals surface area (Å²) in [5.74, 6) is -0.0938. The lowest BCUT2D eigenvalue weighted by Crippen LogP contribution is -2.24. The van der Waals surface area contributed by atoms with Crippen LogP contribution in [0.1, 0.15) is 13.3 Å². The van der Waals surface area contributed by atoms with E-state index in [4.69, 9.17) is 0 Å². The monoisotopic (exact) mass is 291 g/mol. The van der Waals surface area contributed by atoms with Crippen molar-refractivity contribution in [2.24, 2.45) is 0 Å². The average Bonchev–Trinajstić information content (AvgIpc) is 2.31. The lowest BCUT2D eigenvalue weighted by Gasteiger charge is -2.08. The SMILES string of the molecule is CCNc1ncc(F)c(NCCCNS(C)(=O)=O)n1. The number of hydrogen-bond acceptors (Lipinski definition) is 6. The molecule has 19 heavy (non-hydrogen) atoms. The second-order valence-corrected chi connectivity index (χ2v) is 5.70. The molecule has 0 radical (unpaired) electrons. The smallest absolute Gasteiger partial charge is 0.224 e. The summed E-state index contributed by atoms with van der Waals surface area (Å²) >= 11 is 0. The molecule has 0 aliphatic heterocycles. The third-order valence-electron chi connectivity index (χ3n) is 2.09. The first-order valence-corrected chi connectivity index (χ1v) is 7.76. The minimum atomic E-state index is -3.18. The van der Waals surface area contributed by atoms with E-state index < -0.39 is 15.8 Å². The Hall–Kier alpha value is -1.48. The quantitative estimate of drug-likeness (QED) is 0.600. The van der Waals surface area contributed by atoms with Gasteiger partial charge in [0.15, 0.2) is 11.6 Å². The van der Waals surface area contributed by atoms with Gasteiger partial charge in [-0.1, -0.05) is 0 Å². The van der Waals surface area contributed by atoms with Crippen LogP contribution in [0.5, 0.6) is 0 Å². The Labute approximate surface area is 112 Å². The van der Waals surface area contributed by atoms with Crippen molar-refractivity contribution in [3.05, 3.63) is 12.0 Å². The molecule has 0 aromatic carbocycles. The van der Waals surface area contributed by atoms with Crippen molar-refractivity contribution in [1.29, 1.82) is 0 Å². The van der Waals surface area contributed by atoms with Crippen LogP contribution in [0.3, 0.4) is 0 Å². The van der Waals surface area contributed by atoms with Gasteiger partial charge in [0.2, 0.25) is 16.0 Å². The van der Waals surface area contributed by atoms with E-state index in [1.807, 2.05) is 6.92 Å². The maximum absolute atomic E-state index is 13.4. The summed E-state index contributed by atoms with van der Waals surface area (Å²) in [5, 5.41) is 5.67. The van der Waals surface area contributed by atoms with Gasteiger partial charge in [0, 0.05) is 19.6 Å². The molecule has 0 saturated heterocycles. The van der Waals surface area contributed by atoms with Crippen molar-refractivity contribution in [1.82, 2.24) is 14.7 Å². The summed E-state index contributed by atoms with van der Waals surface area (Å²) in [6.07, 6.45) is 2.70. The Morgan fingerprint density at radius 3 is 2.68 bits per heavy atom. The normalized spacial score (nSPS) is 11.3. The zero-order valence-corrected chi connectivity index (χ0v) is 11.7. The molecule has 0 bridgehead atoms. The molecule has 1 rings (SSSR count). The van der Waals surface area contributed by atoms with Gasteiger partial charge in [-0.05, 0) is 13.3 Å². The van der Waals surface area contributed by atoms with Crippen molar-refractivity contribution in [2.75, 3.05) is 36.5 Å². The number of sulfonamides is 1. The number of hydrogen-bond donors (Lipinski definition) is 3. The highest BCUT2D eigenvalue weighted by molar-refractivity contribution is 7.88. The number of anilines is 2. The number of aromatic nitrogens is 2. The Morgan fingerprint density at radius 2 is 2.05 bits per heavy atom. The number of rotatable bonds is 8. The molecule has 0 amide bonds. The molecular formula is C10H18FN5O2S. The molecule has 1 heterocycles. The molecule has 9 heteroatoms. The number of halogens is 1. The van der Waals surface area contributed by atoms with E-state index in [0.29, 0.717) is 32.0 Å². The van der Waals surface area contributed by atoms with Crippen LogP contribution in [-0.4, -0.2) is 44.3 Å². The topological polar surface area (TPSA) is 96.0 Å². The fourth-order valence-electron chi connectivity index (χ4n) is 1.29. The van der Waals surface area contributed by atoms with Crippen molar-refractivity contribution in [3.8, 4) is 0 Å². The zero-order valence-electron chi connectivity index (χ0n) is 10.9. The predicted molar refractivity (Wildman–Crippen MR) is 72.1 cm³/mol. The molecule has 3 N–H and O–H groups in total. The lowest BCUT2D eigenvalue weighted by molar-refractivity contribution is 0.585.